The van der Waals surface area contributed by atoms with Crippen LogP contribution in [0.15, 0.2) is 29.6 Å². The summed E-state index contributed by atoms with van der Waals surface area (Å²) < 4.78 is 37.6. The molecule has 3 rings (SSSR count). The normalized spacial score (nSPS) is 14.9. The van der Waals surface area contributed by atoms with Gasteiger partial charge in [0, 0.05) is 17.0 Å². The molecule has 22 heavy (non-hydrogen) atoms. The molecule has 7 heteroatoms. The fraction of sp³-hybridized carbons (Fsp3) is 0.333. The zero-order valence-corrected chi connectivity index (χ0v) is 12.3. The van der Waals surface area contributed by atoms with Crippen LogP contribution in [0.2, 0.25) is 0 Å². The Bertz CT molecular complexity index is 675. The van der Waals surface area contributed by atoms with Gasteiger partial charge in [-0.3, -0.25) is 4.79 Å². The second-order valence-electron chi connectivity index (χ2n) is 5.24. The first-order valence-corrected chi connectivity index (χ1v) is 7.71. The molecule has 1 aromatic carbocycles. The molecule has 0 spiro atoms. The van der Waals surface area contributed by atoms with Crippen molar-refractivity contribution in [2.45, 2.75) is 31.5 Å². The van der Waals surface area contributed by atoms with Crippen LogP contribution >= 0.6 is 11.3 Å². The Labute approximate surface area is 129 Å². The molecular weight excluding hydrogens is 313 g/mol. The number of hydrogen-bond acceptors (Lipinski definition) is 3. The number of nitrogens with one attached hydrogen (secondary N) is 1. The fourth-order valence-electron chi connectivity index (χ4n) is 1.99. The molecule has 1 saturated carbocycles. The van der Waals surface area contributed by atoms with Crippen molar-refractivity contribution in [2.75, 3.05) is 0 Å². The third-order valence-electron chi connectivity index (χ3n) is 3.30. The SMILES string of the molecule is O=C(Cc1csc(-c2ccc(C(F)(F)F)cc2)n1)NC1CC1. The number of carbonyl (C=O) groups excluding carboxylic acids is 1. The predicted octanol–water partition coefficient (Wildman–Crippen LogP) is 3.65. The highest BCUT2D eigenvalue weighted by atomic mass is 32.1. The Hall–Kier alpha value is -1.89. The molecule has 116 valence electrons. The van der Waals surface area contributed by atoms with E-state index in [-0.39, 0.29) is 12.3 Å². The Morgan fingerprint density at radius 3 is 2.55 bits per heavy atom. The molecule has 1 N–H and O–H groups in total. The topological polar surface area (TPSA) is 42.0 Å². The van der Waals surface area contributed by atoms with E-state index in [0.717, 1.165) is 25.0 Å². The molecular formula is C15H13F3N2OS. The summed E-state index contributed by atoms with van der Waals surface area (Å²) in [5.41, 5.74) is 0.571. The molecule has 1 heterocycles. The minimum atomic E-state index is -4.34. The summed E-state index contributed by atoms with van der Waals surface area (Å²) in [6.45, 7) is 0. The van der Waals surface area contributed by atoms with Gasteiger partial charge in [0.2, 0.25) is 5.91 Å². The first-order chi connectivity index (χ1) is 10.4. The fourth-order valence-corrected chi connectivity index (χ4v) is 2.82. The largest absolute Gasteiger partial charge is 0.416 e. The number of benzene rings is 1. The van der Waals surface area contributed by atoms with E-state index in [1.165, 1.54) is 23.5 Å². The standard InChI is InChI=1S/C15H13F3N2OS/c16-15(17,18)10-3-1-9(2-4-10)14-20-12(8-22-14)7-13(21)19-11-5-6-11/h1-4,8,11H,5-7H2,(H,19,21). The molecule has 1 aliphatic rings. The van der Waals surface area contributed by atoms with Gasteiger partial charge in [0.05, 0.1) is 17.7 Å². The molecule has 2 aromatic rings. The number of amides is 1. The Kier molecular flexibility index (Phi) is 3.90. The average molecular weight is 326 g/mol. The maximum atomic E-state index is 12.5. The molecule has 1 amide bonds. The summed E-state index contributed by atoms with van der Waals surface area (Å²) >= 11 is 1.32. The van der Waals surface area contributed by atoms with Gasteiger partial charge in [-0.1, -0.05) is 12.1 Å². The van der Waals surface area contributed by atoms with Crippen molar-refractivity contribution in [3.05, 3.63) is 40.9 Å². The Balaban J connectivity index is 1.68. The highest BCUT2D eigenvalue weighted by molar-refractivity contribution is 7.13. The predicted molar refractivity (Wildman–Crippen MR) is 77.4 cm³/mol. The molecule has 0 radical (unpaired) electrons. The van der Waals surface area contributed by atoms with Crippen molar-refractivity contribution in [1.29, 1.82) is 0 Å². The van der Waals surface area contributed by atoms with Crippen LogP contribution in [0.4, 0.5) is 13.2 Å². The summed E-state index contributed by atoms with van der Waals surface area (Å²) in [7, 11) is 0. The third kappa shape index (κ3) is 3.65. The van der Waals surface area contributed by atoms with Crippen LogP contribution in [0.25, 0.3) is 10.6 Å². The van der Waals surface area contributed by atoms with Crippen LogP contribution in [0.5, 0.6) is 0 Å². The minimum Gasteiger partial charge on any atom is -0.353 e. The monoisotopic (exact) mass is 326 g/mol. The number of thiazole rings is 1. The molecule has 0 saturated heterocycles. The van der Waals surface area contributed by atoms with Gasteiger partial charge in [0.1, 0.15) is 5.01 Å². The maximum Gasteiger partial charge on any atom is 0.416 e. The van der Waals surface area contributed by atoms with E-state index in [4.69, 9.17) is 0 Å². The summed E-state index contributed by atoms with van der Waals surface area (Å²) in [5.74, 6) is -0.0632. The number of rotatable bonds is 4. The Morgan fingerprint density at radius 1 is 1.27 bits per heavy atom. The second-order valence-corrected chi connectivity index (χ2v) is 6.10. The number of nitrogens with zero attached hydrogens (tertiary/aromatic N) is 1. The van der Waals surface area contributed by atoms with E-state index in [9.17, 15) is 18.0 Å². The number of halogens is 3. The summed E-state index contributed by atoms with van der Waals surface area (Å²) in [6.07, 6.45) is -2.08. The lowest BCUT2D eigenvalue weighted by molar-refractivity contribution is -0.137. The van der Waals surface area contributed by atoms with E-state index < -0.39 is 11.7 Å². The van der Waals surface area contributed by atoms with Crippen LogP contribution < -0.4 is 5.32 Å². The highest BCUT2D eigenvalue weighted by Crippen LogP contribution is 2.31. The highest BCUT2D eigenvalue weighted by Gasteiger charge is 2.30. The zero-order chi connectivity index (χ0) is 15.7. The van der Waals surface area contributed by atoms with Crippen molar-refractivity contribution in [1.82, 2.24) is 10.3 Å². The lowest BCUT2D eigenvalue weighted by atomic mass is 10.1. The molecule has 1 aliphatic carbocycles. The molecule has 1 fully saturated rings. The van der Waals surface area contributed by atoms with Crippen molar-refractivity contribution in [3.63, 3.8) is 0 Å². The van der Waals surface area contributed by atoms with Crippen LogP contribution in [-0.4, -0.2) is 16.9 Å². The number of alkyl halides is 3. The van der Waals surface area contributed by atoms with Gasteiger partial charge in [0.15, 0.2) is 0 Å². The van der Waals surface area contributed by atoms with Gasteiger partial charge in [-0.15, -0.1) is 11.3 Å². The lowest BCUT2D eigenvalue weighted by Crippen LogP contribution is -2.27. The number of carbonyl (C=O) groups is 1. The zero-order valence-electron chi connectivity index (χ0n) is 11.5. The van der Waals surface area contributed by atoms with Gasteiger partial charge >= 0.3 is 6.18 Å². The van der Waals surface area contributed by atoms with Crippen LogP contribution in [0.3, 0.4) is 0 Å². The van der Waals surface area contributed by atoms with Crippen molar-refractivity contribution < 1.29 is 18.0 Å². The molecule has 0 bridgehead atoms. The molecule has 0 aliphatic heterocycles. The summed E-state index contributed by atoms with van der Waals surface area (Å²) in [4.78, 5) is 16.0. The summed E-state index contributed by atoms with van der Waals surface area (Å²) in [5, 5.41) is 5.25. The lowest BCUT2D eigenvalue weighted by Gasteiger charge is -2.06. The summed E-state index contributed by atoms with van der Waals surface area (Å²) in [6, 6.07) is 5.18. The first kappa shape index (κ1) is 15.0. The molecule has 3 nitrogen and oxygen atoms in total. The molecule has 0 atom stereocenters. The van der Waals surface area contributed by atoms with Gasteiger partial charge in [0.25, 0.3) is 0 Å². The number of hydrogen-bond donors (Lipinski definition) is 1. The smallest absolute Gasteiger partial charge is 0.353 e. The van der Waals surface area contributed by atoms with Crippen molar-refractivity contribution in [2.24, 2.45) is 0 Å². The van der Waals surface area contributed by atoms with Crippen LogP contribution in [0.1, 0.15) is 24.1 Å². The van der Waals surface area contributed by atoms with E-state index >= 15 is 0 Å². The van der Waals surface area contributed by atoms with E-state index in [2.05, 4.69) is 10.3 Å². The van der Waals surface area contributed by atoms with Crippen molar-refractivity contribution in [3.8, 4) is 10.6 Å². The molecule has 1 aromatic heterocycles. The minimum absolute atomic E-state index is 0.0632. The van der Waals surface area contributed by atoms with Crippen LogP contribution in [0, 0.1) is 0 Å². The van der Waals surface area contributed by atoms with Gasteiger partial charge in [-0.05, 0) is 25.0 Å². The van der Waals surface area contributed by atoms with Gasteiger partial charge < -0.3 is 5.32 Å². The van der Waals surface area contributed by atoms with Gasteiger partial charge in [-0.2, -0.15) is 13.2 Å². The van der Waals surface area contributed by atoms with E-state index in [1.807, 2.05) is 0 Å². The molecule has 0 unspecified atom stereocenters. The Morgan fingerprint density at radius 2 is 1.95 bits per heavy atom. The average Bonchev–Trinajstić information content (AvgIpc) is 3.14. The maximum absolute atomic E-state index is 12.5. The first-order valence-electron chi connectivity index (χ1n) is 6.83. The van der Waals surface area contributed by atoms with Crippen LogP contribution in [-0.2, 0) is 17.4 Å². The van der Waals surface area contributed by atoms with E-state index in [0.29, 0.717) is 22.3 Å². The quantitative estimate of drug-likeness (QED) is 0.932. The van der Waals surface area contributed by atoms with E-state index in [1.54, 1.807) is 5.38 Å². The third-order valence-corrected chi connectivity index (χ3v) is 4.24. The number of aromatic nitrogens is 1. The van der Waals surface area contributed by atoms with Crippen molar-refractivity contribution >= 4 is 17.2 Å². The second kappa shape index (κ2) is 5.72. The van der Waals surface area contributed by atoms with Gasteiger partial charge in [-0.25, -0.2) is 4.98 Å².